The maximum absolute atomic E-state index is 12.9. The minimum absolute atomic E-state index is 0.0867. The highest BCUT2D eigenvalue weighted by atomic mass is 32.2. The van der Waals surface area contributed by atoms with Crippen molar-refractivity contribution in [2.45, 2.75) is 37.2 Å². The van der Waals surface area contributed by atoms with Gasteiger partial charge in [-0.3, -0.25) is 4.79 Å². The van der Waals surface area contributed by atoms with Gasteiger partial charge in [0.2, 0.25) is 15.9 Å². The molecule has 0 aliphatic carbocycles. The molecule has 1 aliphatic rings. The van der Waals surface area contributed by atoms with E-state index in [-0.39, 0.29) is 12.5 Å². The molecular formula is C22H25N3O3S. The fourth-order valence-electron chi connectivity index (χ4n) is 3.74. The zero-order valence-corrected chi connectivity index (χ0v) is 17.1. The predicted molar refractivity (Wildman–Crippen MR) is 113 cm³/mol. The second-order valence-electron chi connectivity index (χ2n) is 7.39. The summed E-state index contributed by atoms with van der Waals surface area (Å²) in [6.07, 6.45) is 4.73. The van der Waals surface area contributed by atoms with Gasteiger partial charge >= 0.3 is 0 Å². The smallest absolute Gasteiger partial charge is 0.243 e. The highest BCUT2D eigenvalue weighted by Crippen LogP contribution is 2.25. The molecule has 1 fully saturated rings. The van der Waals surface area contributed by atoms with Crippen LogP contribution in [-0.2, 0) is 27.9 Å². The maximum atomic E-state index is 12.9. The van der Waals surface area contributed by atoms with Crippen LogP contribution in [0.15, 0.2) is 65.7 Å². The lowest BCUT2D eigenvalue weighted by atomic mass is 10.2. The number of hydrogen-bond acceptors (Lipinski definition) is 3. The van der Waals surface area contributed by atoms with E-state index in [0.717, 1.165) is 35.7 Å². The number of aromatic nitrogens is 1. The Hall–Kier alpha value is -2.64. The minimum Gasteiger partial charge on any atom is -0.350 e. The molecule has 0 spiro atoms. The Morgan fingerprint density at radius 1 is 0.966 bits per heavy atom. The van der Waals surface area contributed by atoms with Gasteiger partial charge < -0.3 is 9.88 Å². The van der Waals surface area contributed by atoms with Crippen molar-refractivity contribution in [3.8, 4) is 0 Å². The Balaban J connectivity index is 1.47. The number of fused-ring (bicyclic) bond motifs is 1. The second kappa shape index (κ2) is 8.39. The van der Waals surface area contributed by atoms with Crippen LogP contribution in [0.5, 0.6) is 0 Å². The van der Waals surface area contributed by atoms with Gasteiger partial charge in [-0.05, 0) is 42.7 Å². The van der Waals surface area contributed by atoms with Gasteiger partial charge in [0.1, 0.15) is 6.54 Å². The van der Waals surface area contributed by atoms with Crippen LogP contribution in [0.4, 0.5) is 0 Å². The SMILES string of the molecule is O=C(Cn1ccc2cc(S(=O)(=O)N3CCCCC3)ccc21)NCc1ccccc1. The number of carbonyl (C=O) groups excluding carboxylic acids is 1. The number of benzene rings is 2. The van der Waals surface area contributed by atoms with Crippen molar-refractivity contribution >= 4 is 26.8 Å². The van der Waals surface area contributed by atoms with E-state index in [1.54, 1.807) is 22.5 Å². The number of piperidine rings is 1. The summed E-state index contributed by atoms with van der Waals surface area (Å²) in [5.74, 6) is -0.0867. The Morgan fingerprint density at radius 3 is 2.48 bits per heavy atom. The number of carbonyl (C=O) groups is 1. The quantitative estimate of drug-likeness (QED) is 0.677. The standard InChI is InChI=1S/C22H25N3O3S/c26-22(23-16-18-7-3-1-4-8-18)17-24-14-11-19-15-20(9-10-21(19)24)29(27,28)25-12-5-2-6-13-25/h1,3-4,7-11,14-15H,2,5-6,12-13,16-17H2,(H,23,26). The predicted octanol–water partition coefficient (Wildman–Crippen LogP) is 3.13. The molecule has 1 amide bonds. The highest BCUT2D eigenvalue weighted by molar-refractivity contribution is 7.89. The van der Waals surface area contributed by atoms with Crippen LogP contribution in [0.1, 0.15) is 24.8 Å². The van der Waals surface area contributed by atoms with E-state index in [1.165, 1.54) is 0 Å². The van der Waals surface area contributed by atoms with Crippen molar-refractivity contribution in [1.29, 1.82) is 0 Å². The van der Waals surface area contributed by atoms with Crippen LogP contribution in [0.3, 0.4) is 0 Å². The monoisotopic (exact) mass is 411 g/mol. The van der Waals surface area contributed by atoms with Crippen LogP contribution in [0.2, 0.25) is 0 Å². The maximum Gasteiger partial charge on any atom is 0.243 e. The van der Waals surface area contributed by atoms with Gasteiger partial charge in [0, 0.05) is 36.7 Å². The van der Waals surface area contributed by atoms with E-state index in [0.29, 0.717) is 24.5 Å². The molecule has 1 aromatic heterocycles. The largest absolute Gasteiger partial charge is 0.350 e. The molecule has 0 radical (unpaired) electrons. The van der Waals surface area contributed by atoms with Crippen molar-refractivity contribution in [2.75, 3.05) is 13.1 Å². The van der Waals surface area contributed by atoms with Gasteiger partial charge in [-0.1, -0.05) is 36.8 Å². The summed E-state index contributed by atoms with van der Waals surface area (Å²) in [7, 11) is -3.46. The molecule has 3 aromatic rings. The van der Waals surface area contributed by atoms with E-state index >= 15 is 0 Å². The van der Waals surface area contributed by atoms with Crippen LogP contribution < -0.4 is 5.32 Å². The van der Waals surface area contributed by atoms with E-state index in [2.05, 4.69) is 5.32 Å². The molecule has 7 heteroatoms. The minimum atomic E-state index is -3.46. The van der Waals surface area contributed by atoms with Crippen molar-refractivity contribution < 1.29 is 13.2 Å². The summed E-state index contributed by atoms with van der Waals surface area (Å²) < 4.78 is 29.2. The van der Waals surface area contributed by atoms with E-state index < -0.39 is 10.0 Å². The number of nitrogens with one attached hydrogen (secondary N) is 1. The lowest BCUT2D eigenvalue weighted by Gasteiger charge is -2.25. The molecule has 29 heavy (non-hydrogen) atoms. The van der Waals surface area contributed by atoms with Gasteiger partial charge in [0.05, 0.1) is 4.90 Å². The molecule has 0 bridgehead atoms. The van der Waals surface area contributed by atoms with Gasteiger partial charge in [-0.25, -0.2) is 8.42 Å². The Bertz CT molecular complexity index is 1100. The molecule has 152 valence electrons. The highest BCUT2D eigenvalue weighted by Gasteiger charge is 2.26. The fraction of sp³-hybridized carbons (Fsp3) is 0.318. The normalized spacial score (nSPS) is 15.4. The third-order valence-corrected chi connectivity index (χ3v) is 7.24. The number of hydrogen-bond donors (Lipinski definition) is 1. The molecule has 1 aliphatic heterocycles. The molecule has 0 saturated carbocycles. The van der Waals surface area contributed by atoms with Crippen molar-refractivity contribution in [3.63, 3.8) is 0 Å². The van der Waals surface area contributed by atoms with Crippen LogP contribution >= 0.6 is 0 Å². The van der Waals surface area contributed by atoms with Crippen LogP contribution in [-0.4, -0.2) is 36.3 Å². The molecule has 0 atom stereocenters. The van der Waals surface area contributed by atoms with Gasteiger partial charge in [-0.15, -0.1) is 0 Å². The Labute approximate surface area is 171 Å². The van der Waals surface area contributed by atoms with Crippen molar-refractivity contribution in [2.24, 2.45) is 0 Å². The molecule has 2 heterocycles. The number of nitrogens with zero attached hydrogens (tertiary/aromatic N) is 2. The Morgan fingerprint density at radius 2 is 1.72 bits per heavy atom. The first-order valence-corrected chi connectivity index (χ1v) is 11.4. The zero-order valence-electron chi connectivity index (χ0n) is 16.3. The molecule has 6 nitrogen and oxygen atoms in total. The van der Waals surface area contributed by atoms with Gasteiger partial charge in [0.15, 0.2) is 0 Å². The Kier molecular flexibility index (Phi) is 5.69. The summed E-state index contributed by atoms with van der Waals surface area (Å²) in [5, 5.41) is 3.74. The first-order valence-electron chi connectivity index (χ1n) is 9.94. The topological polar surface area (TPSA) is 71.4 Å². The fourth-order valence-corrected chi connectivity index (χ4v) is 5.29. The number of sulfonamides is 1. The zero-order chi connectivity index (χ0) is 20.3. The number of rotatable bonds is 6. The third-order valence-electron chi connectivity index (χ3n) is 5.34. The molecule has 2 aromatic carbocycles. The summed E-state index contributed by atoms with van der Waals surface area (Å²) in [5.41, 5.74) is 1.89. The molecule has 0 unspecified atom stereocenters. The summed E-state index contributed by atoms with van der Waals surface area (Å²) in [6, 6.07) is 16.8. The van der Waals surface area contributed by atoms with Crippen LogP contribution in [0.25, 0.3) is 10.9 Å². The first-order chi connectivity index (χ1) is 14.0. The summed E-state index contributed by atoms with van der Waals surface area (Å²) >= 11 is 0. The van der Waals surface area contributed by atoms with Crippen LogP contribution in [0, 0.1) is 0 Å². The summed E-state index contributed by atoms with van der Waals surface area (Å²) in [4.78, 5) is 12.6. The van der Waals surface area contributed by atoms with Crippen molar-refractivity contribution in [3.05, 3.63) is 66.4 Å². The van der Waals surface area contributed by atoms with Gasteiger partial charge in [0.25, 0.3) is 0 Å². The van der Waals surface area contributed by atoms with E-state index in [4.69, 9.17) is 0 Å². The molecule has 1 N–H and O–H groups in total. The average Bonchev–Trinajstić information content (AvgIpc) is 3.15. The van der Waals surface area contributed by atoms with Crippen molar-refractivity contribution in [1.82, 2.24) is 14.2 Å². The lowest BCUT2D eigenvalue weighted by molar-refractivity contribution is -0.121. The molecule has 4 rings (SSSR count). The average molecular weight is 412 g/mol. The van der Waals surface area contributed by atoms with E-state index in [9.17, 15) is 13.2 Å². The van der Waals surface area contributed by atoms with Gasteiger partial charge in [-0.2, -0.15) is 4.31 Å². The molecule has 1 saturated heterocycles. The second-order valence-corrected chi connectivity index (χ2v) is 9.33. The number of amides is 1. The third kappa shape index (κ3) is 4.36. The summed E-state index contributed by atoms with van der Waals surface area (Å²) in [6.45, 7) is 1.84. The van der Waals surface area contributed by atoms with E-state index in [1.807, 2.05) is 47.2 Å². The first kappa shape index (κ1) is 19.7. The molecular weight excluding hydrogens is 386 g/mol. The lowest BCUT2D eigenvalue weighted by Crippen LogP contribution is -2.35.